The van der Waals surface area contributed by atoms with E-state index in [2.05, 4.69) is 5.32 Å². The van der Waals surface area contributed by atoms with Crippen LogP contribution in [0.1, 0.15) is 18.4 Å². The lowest BCUT2D eigenvalue weighted by Crippen LogP contribution is -2.28. The van der Waals surface area contributed by atoms with Gasteiger partial charge in [0, 0.05) is 0 Å². The summed E-state index contributed by atoms with van der Waals surface area (Å²) in [5.74, 6) is 0.303. The van der Waals surface area contributed by atoms with Crippen LogP contribution >= 0.6 is 0 Å². The maximum Gasteiger partial charge on any atom is 0.123 e. The molecule has 0 unspecified atom stereocenters. The number of benzene rings is 1. The van der Waals surface area contributed by atoms with E-state index in [1.165, 1.54) is 17.7 Å². The Hall–Kier alpha value is -1.35. The van der Waals surface area contributed by atoms with E-state index in [-0.39, 0.29) is 5.82 Å². The Bertz CT molecular complexity index is 380. The van der Waals surface area contributed by atoms with Crippen molar-refractivity contribution in [1.82, 2.24) is 5.32 Å². The molecule has 0 atom stereocenters. The minimum Gasteiger partial charge on any atom is -0.504 e. The van der Waals surface area contributed by atoms with Crippen LogP contribution < -0.4 is 5.32 Å². The molecule has 17 heavy (non-hydrogen) atoms. The Labute approximate surface area is 101 Å². The van der Waals surface area contributed by atoms with Crippen molar-refractivity contribution >= 4 is 5.57 Å². The second kappa shape index (κ2) is 5.82. The molecule has 0 aromatic heterocycles. The van der Waals surface area contributed by atoms with Crippen molar-refractivity contribution in [1.29, 1.82) is 0 Å². The molecule has 3 heteroatoms. The molecule has 1 aliphatic heterocycles. The summed E-state index contributed by atoms with van der Waals surface area (Å²) in [5, 5.41) is 3.34. The second-order valence-corrected chi connectivity index (χ2v) is 4.34. The molecule has 0 aliphatic carbocycles. The predicted octanol–water partition coefficient (Wildman–Crippen LogP) is 2.81. The smallest absolute Gasteiger partial charge is 0.123 e. The summed E-state index contributed by atoms with van der Waals surface area (Å²) in [7, 11) is 1.66. The van der Waals surface area contributed by atoms with Gasteiger partial charge in [0.1, 0.15) is 5.82 Å². The Morgan fingerprint density at radius 1 is 1.29 bits per heavy atom. The van der Waals surface area contributed by atoms with Gasteiger partial charge < -0.3 is 10.1 Å². The number of allylic oxidation sites excluding steroid dienone is 1. The van der Waals surface area contributed by atoms with Crippen molar-refractivity contribution < 1.29 is 9.13 Å². The van der Waals surface area contributed by atoms with Gasteiger partial charge in [-0.05, 0) is 55.1 Å². The Balaban J connectivity index is 2.22. The molecule has 2 rings (SSSR count). The number of methoxy groups -OCH3 is 1. The monoisotopic (exact) mass is 235 g/mol. The Kier molecular flexibility index (Phi) is 4.15. The highest BCUT2D eigenvalue weighted by atomic mass is 19.1. The normalized spacial score (nSPS) is 18.1. The highest BCUT2D eigenvalue weighted by molar-refractivity contribution is 5.66. The van der Waals surface area contributed by atoms with Crippen molar-refractivity contribution in [2.75, 3.05) is 20.2 Å². The highest BCUT2D eigenvalue weighted by Gasteiger charge is 2.19. The van der Waals surface area contributed by atoms with Crippen molar-refractivity contribution in [2.24, 2.45) is 5.92 Å². The van der Waals surface area contributed by atoms with E-state index in [0.717, 1.165) is 31.5 Å². The van der Waals surface area contributed by atoms with Crippen molar-refractivity contribution in [2.45, 2.75) is 12.8 Å². The number of halogens is 1. The molecule has 1 aromatic rings. The molecule has 0 saturated carbocycles. The zero-order valence-electron chi connectivity index (χ0n) is 10.1. The van der Waals surface area contributed by atoms with E-state index in [1.807, 2.05) is 12.1 Å². The van der Waals surface area contributed by atoms with Crippen LogP contribution in [0.5, 0.6) is 0 Å². The molecule has 1 aromatic carbocycles. The van der Waals surface area contributed by atoms with Gasteiger partial charge in [0.25, 0.3) is 0 Å². The fourth-order valence-electron chi connectivity index (χ4n) is 2.30. The number of nitrogens with one attached hydrogen (secondary N) is 1. The van der Waals surface area contributed by atoms with Gasteiger partial charge in [0.15, 0.2) is 0 Å². The van der Waals surface area contributed by atoms with Crippen LogP contribution in [0.15, 0.2) is 30.5 Å². The van der Waals surface area contributed by atoms with E-state index in [4.69, 9.17) is 4.74 Å². The molecular weight excluding hydrogens is 217 g/mol. The minimum absolute atomic E-state index is 0.198. The summed E-state index contributed by atoms with van der Waals surface area (Å²) in [6.07, 6.45) is 4.00. The maximum atomic E-state index is 12.9. The summed E-state index contributed by atoms with van der Waals surface area (Å²) in [4.78, 5) is 0. The Morgan fingerprint density at radius 3 is 2.53 bits per heavy atom. The largest absolute Gasteiger partial charge is 0.504 e. The van der Waals surface area contributed by atoms with E-state index in [0.29, 0.717) is 5.92 Å². The van der Waals surface area contributed by atoms with Crippen LogP contribution in [0.25, 0.3) is 5.57 Å². The Morgan fingerprint density at radius 2 is 1.94 bits per heavy atom. The van der Waals surface area contributed by atoms with Crippen LogP contribution in [0.4, 0.5) is 4.39 Å². The molecule has 0 amide bonds. The molecule has 0 bridgehead atoms. The van der Waals surface area contributed by atoms with Crippen LogP contribution in [-0.2, 0) is 4.74 Å². The third-order valence-electron chi connectivity index (χ3n) is 3.20. The number of hydrogen-bond donors (Lipinski definition) is 1. The first-order valence-corrected chi connectivity index (χ1v) is 6.01. The van der Waals surface area contributed by atoms with Gasteiger partial charge in [-0.1, -0.05) is 12.1 Å². The lowest BCUT2D eigenvalue weighted by Gasteiger charge is -2.25. The topological polar surface area (TPSA) is 21.3 Å². The van der Waals surface area contributed by atoms with Gasteiger partial charge in [-0.25, -0.2) is 4.39 Å². The lowest BCUT2D eigenvalue weighted by molar-refractivity contribution is 0.333. The molecule has 0 spiro atoms. The van der Waals surface area contributed by atoms with Gasteiger partial charge in [-0.2, -0.15) is 0 Å². The summed E-state index contributed by atoms with van der Waals surface area (Å²) < 4.78 is 18.1. The number of hydrogen-bond acceptors (Lipinski definition) is 2. The second-order valence-electron chi connectivity index (χ2n) is 4.34. The summed E-state index contributed by atoms with van der Waals surface area (Å²) in [6.45, 7) is 2.07. The van der Waals surface area contributed by atoms with Crippen molar-refractivity contribution in [3.8, 4) is 0 Å². The number of piperidine rings is 1. The highest BCUT2D eigenvalue weighted by Crippen LogP contribution is 2.30. The summed E-state index contributed by atoms with van der Waals surface area (Å²) in [6, 6.07) is 6.64. The van der Waals surface area contributed by atoms with Gasteiger partial charge in [-0.15, -0.1) is 0 Å². The van der Waals surface area contributed by atoms with Crippen LogP contribution in [-0.4, -0.2) is 20.2 Å². The molecule has 1 aliphatic rings. The molecule has 1 N–H and O–H groups in total. The first-order chi connectivity index (χ1) is 8.31. The minimum atomic E-state index is -0.198. The predicted molar refractivity (Wildman–Crippen MR) is 67.0 cm³/mol. The standard InChI is InChI=1S/C14H18FNO/c1-17-10-14(12-6-8-16-9-7-12)11-2-4-13(15)5-3-11/h2-5,10,12,16H,6-9H2,1H3/b14-10-. The first-order valence-electron chi connectivity index (χ1n) is 6.01. The first kappa shape index (κ1) is 12.1. The third-order valence-corrected chi connectivity index (χ3v) is 3.20. The summed E-state index contributed by atoms with van der Waals surface area (Å²) >= 11 is 0. The average molecular weight is 235 g/mol. The SMILES string of the molecule is CO/C=C(/c1ccc(F)cc1)C1CCNCC1. The quantitative estimate of drug-likeness (QED) is 0.813. The molecule has 1 saturated heterocycles. The fourth-order valence-corrected chi connectivity index (χ4v) is 2.30. The third kappa shape index (κ3) is 3.07. The van der Waals surface area contributed by atoms with Crippen molar-refractivity contribution in [3.63, 3.8) is 0 Å². The molecule has 1 heterocycles. The van der Waals surface area contributed by atoms with E-state index in [9.17, 15) is 4.39 Å². The molecular formula is C14H18FNO. The van der Waals surface area contributed by atoms with Crippen LogP contribution in [0.2, 0.25) is 0 Å². The van der Waals surface area contributed by atoms with E-state index < -0.39 is 0 Å². The van der Waals surface area contributed by atoms with Gasteiger partial charge in [0.05, 0.1) is 13.4 Å². The lowest BCUT2D eigenvalue weighted by atomic mass is 9.86. The van der Waals surface area contributed by atoms with Gasteiger partial charge in [0.2, 0.25) is 0 Å². The van der Waals surface area contributed by atoms with Crippen LogP contribution in [0, 0.1) is 11.7 Å². The number of rotatable bonds is 3. The maximum absolute atomic E-state index is 12.9. The van der Waals surface area contributed by atoms with E-state index >= 15 is 0 Å². The molecule has 92 valence electrons. The van der Waals surface area contributed by atoms with E-state index in [1.54, 1.807) is 13.4 Å². The average Bonchev–Trinajstić information content (AvgIpc) is 2.38. The van der Waals surface area contributed by atoms with Gasteiger partial charge >= 0.3 is 0 Å². The molecule has 1 fully saturated rings. The number of ether oxygens (including phenoxy) is 1. The zero-order valence-corrected chi connectivity index (χ0v) is 10.1. The molecule has 2 nitrogen and oxygen atoms in total. The van der Waals surface area contributed by atoms with Gasteiger partial charge in [-0.3, -0.25) is 0 Å². The zero-order chi connectivity index (χ0) is 12.1. The summed E-state index contributed by atoms with van der Waals surface area (Å²) in [5.41, 5.74) is 2.23. The molecule has 0 radical (unpaired) electrons. The van der Waals surface area contributed by atoms with Crippen molar-refractivity contribution in [3.05, 3.63) is 41.9 Å². The van der Waals surface area contributed by atoms with Crippen LogP contribution in [0.3, 0.4) is 0 Å². The fraction of sp³-hybridized carbons (Fsp3) is 0.429.